The quantitative estimate of drug-likeness (QED) is 0.790. The van der Waals surface area contributed by atoms with Crippen LogP contribution in [0, 0.1) is 0 Å². The van der Waals surface area contributed by atoms with E-state index in [9.17, 15) is 9.59 Å². The van der Waals surface area contributed by atoms with E-state index in [2.05, 4.69) is 5.32 Å². The van der Waals surface area contributed by atoms with Gasteiger partial charge in [-0.2, -0.15) is 0 Å². The van der Waals surface area contributed by atoms with E-state index in [4.69, 9.17) is 26.8 Å². The van der Waals surface area contributed by atoms with E-state index in [-0.39, 0.29) is 13.1 Å². The second-order valence-corrected chi connectivity index (χ2v) is 6.52. The molecule has 0 aliphatic carbocycles. The summed E-state index contributed by atoms with van der Waals surface area (Å²) in [5.74, 6) is 0.537. The van der Waals surface area contributed by atoms with Gasteiger partial charge in [0.1, 0.15) is 11.4 Å². The van der Waals surface area contributed by atoms with Crippen molar-refractivity contribution in [2.75, 3.05) is 13.1 Å². The van der Waals surface area contributed by atoms with Crippen LogP contribution >= 0.6 is 11.6 Å². The predicted octanol–water partition coefficient (Wildman–Crippen LogP) is 2.97. The number of nitrogens with zero attached hydrogens (tertiary/aromatic N) is 1. The third kappa shape index (κ3) is 7.06. The number of hydrogen-bond donors (Lipinski definition) is 2. The van der Waals surface area contributed by atoms with Crippen molar-refractivity contribution in [3.8, 4) is 5.75 Å². The van der Waals surface area contributed by atoms with Gasteiger partial charge < -0.3 is 20.5 Å². The van der Waals surface area contributed by atoms with Gasteiger partial charge in [-0.1, -0.05) is 11.6 Å². The number of ether oxygens (including phenoxy) is 2. The van der Waals surface area contributed by atoms with E-state index in [1.807, 2.05) is 0 Å². The van der Waals surface area contributed by atoms with E-state index in [1.54, 1.807) is 52.0 Å². The average Bonchev–Trinajstić information content (AvgIpc) is 2.45. The number of hydrogen-bond acceptors (Lipinski definition) is 5. The van der Waals surface area contributed by atoms with Crippen LogP contribution in [0.2, 0.25) is 5.02 Å². The first-order chi connectivity index (χ1) is 11.1. The Labute approximate surface area is 147 Å². The Bertz CT molecular complexity index is 557. The van der Waals surface area contributed by atoms with Gasteiger partial charge >= 0.3 is 12.1 Å². The van der Waals surface area contributed by atoms with Gasteiger partial charge in [-0.25, -0.2) is 14.5 Å². The van der Waals surface area contributed by atoms with Gasteiger partial charge in [0.2, 0.25) is 0 Å². The maximum absolute atomic E-state index is 12.3. The van der Waals surface area contributed by atoms with E-state index in [1.165, 1.54) is 0 Å². The summed E-state index contributed by atoms with van der Waals surface area (Å²) >= 11 is 5.80. The minimum atomic E-state index is -0.760. The lowest BCUT2D eigenvalue weighted by molar-refractivity contribution is 0.0314. The molecule has 0 aromatic heterocycles. The van der Waals surface area contributed by atoms with Crippen LogP contribution in [-0.2, 0) is 4.74 Å². The normalized spacial score (nSPS) is 12.2. The van der Waals surface area contributed by atoms with Gasteiger partial charge in [-0.15, -0.1) is 0 Å². The van der Waals surface area contributed by atoms with Crippen molar-refractivity contribution in [2.24, 2.45) is 5.73 Å². The molecule has 1 aromatic rings. The fraction of sp³-hybridized carbons (Fsp3) is 0.500. The number of amides is 3. The molecule has 0 heterocycles. The molecule has 0 saturated carbocycles. The number of carbonyl (C=O) groups is 2. The summed E-state index contributed by atoms with van der Waals surface area (Å²) in [5, 5.41) is 3.15. The first-order valence-electron chi connectivity index (χ1n) is 7.55. The molecule has 1 atom stereocenters. The highest BCUT2D eigenvalue weighted by Crippen LogP contribution is 2.16. The number of nitrogens with two attached hydrogens (primary N) is 1. The largest absolute Gasteiger partial charge is 0.471 e. The molecule has 3 amide bonds. The summed E-state index contributed by atoms with van der Waals surface area (Å²) < 4.78 is 10.8. The molecule has 0 bridgehead atoms. The molecule has 0 fully saturated rings. The number of urea groups is 1. The maximum Gasteiger partial charge on any atom is 0.418 e. The highest BCUT2D eigenvalue weighted by molar-refractivity contribution is 6.30. The van der Waals surface area contributed by atoms with Crippen LogP contribution in [-0.4, -0.2) is 41.9 Å². The molecule has 0 spiro atoms. The first kappa shape index (κ1) is 20.1. The summed E-state index contributed by atoms with van der Waals surface area (Å²) in [6.45, 7) is 6.96. The summed E-state index contributed by atoms with van der Waals surface area (Å²) in [6, 6.07) is 6.06. The molecule has 0 aliphatic rings. The molecule has 1 aromatic carbocycles. The van der Waals surface area contributed by atoms with Gasteiger partial charge in [0.25, 0.3) is 0 Å². The maximum atomic E-state index is 12.3. The predicted molar refractivity (Wildman–Crippen MR) is 92.1 cm³/mol. The fourth-order valence-corrected chi connectivity index (χ4v) is 1.85. The van der Waals surface area contributed by atoms with E-state index in [0.29, 0.717) is 10.8 Å². The van der Waals surface area contributed by atoms with E-state index < -0.39 is 24.0 Å². The Balaban J connectivity index is 2.66. The van der Waals surface area contributed by atoms with Crippen LogP contribution < -0.4 is 15.8 Å². The van der Waals surface area contributed by atoms with Crippen molar-refractivity contribution in [1.29, 1.82) is 0 Å². The number of carbonyl (C=O) groups excluding carboxylic acids is 2. The fourth-order valence-electron chi connectivity index (χ4n) is 1.72. The Morgan fingerprint density at radius 2 is 1.88 bits per heavy atom. The SMILES string of the molecule is CC(NC(=O)N(CCN)C(=O)OC(C)(C)C)Oc1ccc(Cl)cc1. The van der Waals surface area contributed by atoms with Gasteiger partial charge in [0.05, 0.1) is 0 Å². The zero-order valence-corrected chi connectivity index (χ0v) is 15.1. The standard InChI is InChI=1S/C16H24ClN3O4/c1-11(23-13-7-5-12(17)6-8-13)19-14(21)20(10-9-18)15(22)24-16(2,3)4/h5-8,11H,9-10,18H2,1-4H3,(H,19,21). The topological polar surface area (TPSA) is 93.9 Å². The number of imide groups is 1. The summed E-state index contributed by atoms with van der Waals surface area (Å²) in [6.07, 6.45) is -1.43. The van der Waals surface area contributed by atoms with Crippen molar-refractivity contribution >= 4 is 23.7 Å². The van der Waals surface area contributed by atoms with Crippen molar-refractivity contribution in [1.82, 2.24) is 10.2 Å². The second-order valence-electron chi connectivity index (χ2n) is 6.08. The molecular formula is C16H24ClN3O4. The zero-order valence-electron chi connectivity index (χ0n) is 14.3. The molecule has 0 saturated heterocycles. The number of halogens is 1. The van der Waals surface area contributed by atoms with E-state index in [0.717, 1.165) is 4.90 Å². The molecule has 134 valence electrons. The molecule has 8 heteroatoms. The molecule has 1 unspecified atom stereocenters. The van der Waals surface area contributed by atoms with Crippen molar-refractivity contribution in [3.63, 3.8) is 0 Å². The van der Waals surface area contributed by atoms with E-state index >= 15 is 0 Å². The Kier molecular flexibility index (Phi) is 7.31. The minimum absolute atomic E-state index is 0.0361. The van der Waals surface area contributed by atoms with Crippen LogP contribution in [0.25, 0.3) is 0 Å². The molecule has 0 radical (unpaired) electrons. The first-order valence-corrected chi connectivity index (χ1v) is 7.93. The average molecular weight is 358 g/mol. The third-order valence-corrected chi connectivity index (χ3v) is 2.92. The van der Waals surface area contributed by atoms with Crippen molar-refractivity contribution in [2.45, 2.75) is 39.5 Å². The molecule has 3 N–H and O–H groups in total. The number of benzene rings is 1. The zero-order chi connectivity index (χ0) is 18.3. The molecule has 0 aliphatic heterocycles. The lowest BCUT2D eigenvalue weighted by atomic mass is 10.2. The molecule has 24 heavy (non-hydrogen) atoms. The molecular weight excluding hydrogens is 334 g/mol. The van der Waals surface area contributed by atoms with Gasteiger partial charge in [0, 0.05) is 18.1 Å². The van der Waals surface area contributed by atoms with Crippen LogP contribution in [0.4, 0.5) is 9.59 Å². The lowest BCUT2D eigenvalue weighted by Crippen LogP contribution is -2.51. The monoisotopic (exact) mass is 357 g/mol. The van der Waals surface area contributed by atoms with Gasteiger partial charge in [-0.3, -0.25) is 0 Å². The minimum Gasteiger partial charge on any atom is -0.471 e. The molecule has 7 nitrogen and oxygen atoms in total. The van der Waals surface area contributed by atoms with Crippen molar-refractivity contribution in [3.05, 3.63) is 29.3 Å². The van der Waals surface area contributed by atoms with Crippen LogP contribution in [0.3, 0.4) is 0 Å². The number of rotatable bonds is 5. The third-order valence-electron chi connectivity index (χ3n) is 2.66. The number of nitrogens with one attached hydrogen (secondary N) is 1. The second kappa shape index (κ2) is 8.75. The highest BCUT2D eigenvalue weighted by Gasteiger charge is 2.27. The van der Waals surface area contributed by atoms with Gasteiger partial charge in [-0.05, 0) is 52.0 Å². The Hall–Kier alpha value is -1.99. The summed E-state index contributed by atoms with van der Waals surface area (Å²) in [7, 11) is 0. The smallest absolute Gasteiger partial charge is 0.418 e. The van der Waals surface area contributed by atoms with Gasteiger partial charge in [0.15, 0.2) is 6.23 Å². The summed E-state index contributed by atoms with van der Waals surface area (Å²) in [5.41, 5.74) is 4.75. The van der Waals surface area contributed by atoms with Crippen LogP contribution in [0.1, 0.15) is 27.7 Å². The lowest BCUT2D eigenvalue weighted by Gasteiger charge is -2.27. The van der Waals surface area contributed by atoms with Crippen LogP contribution in [0.5, 0.6) is 5.75 Å². The summed E-state index contributed by atoms with van der Waals surface area (Å²) in [4.78, 5) is 25.3. The highest BCUT2D eigenvalue weighted by atomic mass is 35.5. The Morgan fingerprint density at radius 1 is 1.29 bits per heavy atom. The van der Waals surface area contributed by atoms with Crippen molar-refractivity contribution < 1.29 is 19.1 Å². The Morgan fingerprint density at radius 3 is 2.38 bits per heavy atom. The van der Waals surface area contributed by atoms with Crippen LogP contribution in [0.15, 0.2) is 24.3 Å². The molecule has 1 rings (SSSR count).